The molecule has 1 saturated heterocycles. The third-order valence-corrected chi connectivity index (χ3v) is 6.23. The lowest BCUT2D eigenvalue weighted by Gasteiger charge is -2.25. The minimum atomic E-state index is -0.517. The van der Waals surface area contributed by atoms with Crippen LogP contribution in [-0.2, 0) is 9.53 Å². The number of thioether (sulfide) groups is 1. The number of rotatable bonds is 2. The molecule has 1 atom stereocenters. The van der Waals surface area contributed by atoms with E-state index in [0.29, 0.717) is 30.2 Å². The van der Waals surface area contributed by atoms with Gasteiger partial charge in [-0.2, -0.15) is 0 Å². The first kappa shape index (κ1) is 17.6. The van der Waals surface area contributed by atoms with E-state index < -0.39 is 11.1 Å². The van der Waals surface area contributed by atoms with E-state index in [0.717, 1.165) is 12.8 Å². The van der Waals surface area contributed by atoms with Crippen LogP contribution in [0.1, 0.15) is 35.3 Å². The Morgan fingerprint density at radius 1 is 1.27 bits per heavy atom. The number of hydrogen-bond acceptors (Lipinski definition) is 4. The van der Waals surface area contributed by atoms with Gasteiger partial charge in [0.05, 0.1) is 27.6 Å². The number of fused-ring (bicyclic) bond motifs is 1. The number of ether oxygens (including phenoxy) is 1. The van der Waals surface area contributed by atoms with Gasteiger partial charge in [0.2, 0.25) is 5.91 Å². The summed E-state index contributed by atoms with van der Waals surface area (Å²) in [5.74, 6) is -0.00654. The van der Waals surface area contributed by atoms with Gasteiger partial charge in [-0.1, -0.05) is 17.7 Å². The van der Waals surface area contributed by atoms with Gasteiger partial charge in [-0.25, -0.2) is 4.39 Å². The molecule has 1 aromatic heterocycles. The molecule has 0 radical (unpaired) electrons. The smallest absolute Gasteiger partial charge is 0.270 e. The molecular formula is C17H17ClFN3O3S. The second-order valence-electron chi connectivity index (χ2n) is 6.33. The van der Waals surface area contributed by atoms with Crippen LogP contribution in [-0.4, -0.2) is 34.7 Å². The summed E-state index contributed by atoms with van der Waals surface area (Å²) in [6.45, 7) is 1.22. The molecule has 2 N–H and O–H groups in total. The zero-order valence-corrected chi connectivity index (χ0v) is 15.3. The molecular weight excluding hydrogens is 381 g/mol. The summed E-state index contributed by atoms with van der Waals surface area (Å²) in [4.78, 5) is 25.0. The molecule has 1 fully saturated rings. The summed E-state index contributed by atoms with van der Waals surface area (Å²) in [6, 6.07) is 4.45. The first-order valence-electron chi connectivity index (χ1n) is 8.33. The maximum absolute atomic E-state index is 13.5. The van der Waals surface area contributed by atoms with Crippen molar-refractivity contribution in [1.82, 2.24) is 9.78 Å². The van der Waals surface area contributed by atoms with E-state index in [1.807, 2.05) is 0 Å². The fourth-order valence-corrected chi connectivity index (χ4v) is 4.70. The van der Waals surface area contributed by atoms with E-state index in [9.17, 15) is 14.0 Å². The van der Waals surface area contributed by atoms with Crippen molar-refractivity contribution in [3.63, 3.8) is 0 Å². The number of anilines is 1. The molecule has 4 rings (SSSR count). The molecule has 138 valence electrons. The maximum Gasteiger partial charge on any atom is 0.270 e. The number of carbonyl (C=O) groups excluding carboxylic acids is 1. The van der Waals surface area contributed by atoms with Crippen LogP contribution in [0, 0.1) is 5.82 Å². The highest BCUT2D eigenvalue weighted by atomic mass is 35.5. The number of amides is 1. The molecule has 6 nitrogen and oxygen atoms in total. The lowest BCUT2D eigenvalue weighted by atomic mass is 10.1. The molecule has 0 saturated carbocycles. The van der Waals surface area contributed by atoms with Gasteiger partial charge in [0.25, 0.3) is 5.56 Å². The number of carbonyl (C=O) groups is 1. The van der Waals surface area contributed by atoms with E-state index in [2.05, 4.69) is 10.4 Å². The SMILES string of the molecule is O=C1CS[C@@H](c2ccc(F)c(Cl)c2)c2c(n(C3CCOCC3)[nH]c2=O)N1. The molecule has 0 bridgehead atoms. The van der Waals surface area contributed by atoms with Crippen LogP contribution in [0.5, 0.6) is 0 Å². The number of aromatic amines is 1. The number of H-pyrrole nitrogens is 1. The monoisotopic (exact) mass is 397 g/mol. The van der Waals surface area contributed by atoms with Crippen LogP contribution < -0.4 is 10.9 Å². The van der Waals surface area contributed by atoms with Crippen LogP contribution in [0.4, 0.5) is 10.2 Å². The summed E-state index contributed by atoms with van der Waals surface area (Å²) in [5, 5.41) is 5.31. The number of benzene rings is 1. The first-order valence-corrected chi connectivity index (χ1v) is 9.76. The lowest BCUT2D eigenvalue weighted by molar-refractivity contribution is -0.113. The Kier molecular flexibility index (Phi) is 4.81. The summed E-state index contributed by atoms with van der Waals surface area (Å²) >= 11 is 7.25. The molecule has 0 unspecified atom stereocenters. The average molecular weight is 398 g/mol. The van der Waals surface area contributed by atoms with Crippen molar-refractivity contribution in [2.75, 3.05) is 24.3 Å². The van der Waals surface area contributed by atoms with Crippen molar-refractivity contribution in [3.05, 3.63) is 50.5 Å². The van der Waals surface area contributed by atoms with Crippen LogP contribution in [0.15, 0.2) is 23.0 Å². The number of nitrogens with one attached hydrogen (secondary N) is 2. The normalized spacial score (nSPS) is 21.2. The fraction of sp³-hybridized carbons (Fsp3) is 0.412. The number of hydrogen-bond donors (Lipinski definition) is 2. The van der Waals surface area contributed by atoms with Crippen LogP contribution in [0.3, 0.4) is 0 Å². The minimum absolute atomic E-state index is 0.00604. The quantitative estimate of drug-likeness (QED) is 0.816. The number of aromatic nitrogens is 2. The second kappa shape index (κ2) is 7.09. The fourth-order valence-electron chi connectivity index (χ4n) is 3.40. The van der Waals surface area contributed by atoms with Crippen molar-refractivity contribution in [2.24, 2.45) is 0 Å². The zero-order chi connectivity index (χ0) is 18.3. The van der Waals surface area contributed by atoms with E-state index in [1.165, 1.54) is 23.9 Å². The van der Waals surface area contributed by atoms with Gasteiger partial charge in [0.15, 0.2) is 0 Å². The van der Waals surface area contributed by atoms with Gasteiger partial charge in [-0.05, 0) is 30.5 Å². The van der Waals surface area contributed by atoms with Crippen LogP contribution in [0.25, 0.3) is 0 Å². The van der Waals surface area contributed by atoms with Crippen molar-refractivity contribution in [2.45, 2.75) is 24.1 Å². The van der Waals surface area contributed by atoms with Crippen molar-refractivity contribution in [3.8, 4) is 0 Å². The standard InChI is InChI=1S/C17H17ClFN3O3S/c18-11-7-9(1-2-12(11)19)15-14-16(20-13(23)8-26-15)22(21-17(14)24)10-3-5-25-6-4-10/h1-2,7,10,15H,3-6,8H2,(H,20,23)(H,21,24)/t15-/m0/s1. The van der Waals surface area contributed by atoms with E-state index in [1.54, 1.807) is 10.7 Å². The van der Waals surface area contributed by atoms with E-state index in [4.69, 9.17) is 16.3 Å². The second-order valence-corrected chi connectivity index (χ2v) is 7.83. The molecule has 3 heterocycles. The Bertz CT molecular complexity index is 907. The third-order valence-electron chi connectivity index (χ3n) is 4.67. The highest BCUT2D eigenvalue weighted by Crippen LogP contribution is 2.41. The van der Waals surface area contributed by atoms with Gasteiger partial charge in [-0.15, -0.1) is 11.8 Å². The minimum Gasteiger partial charge on any atom is -0.381 e. The van der Waals surface area contributed by atoms with Gasteiger partial charge >= 0.3 is 0 Å². The summed E-state index contributed by atoms with van der Waals surface area (Å²) in [7, 11) is 0. The van der Waals surface area contributed by atoms with Gasteiger partial charge < -0.3 is 10.1 Å². The Balaban J connectivity index is 1.82. The largest absolute Gasteiger partial charge is 0.381 e. The van der Waals surface area contributed by atoms with Crippen molar-refractivity contribution < 1.29 is 13.9 Å². The molecule has 1 amide bonds. The molecule has 2 aliphatic rings. The van der Waals surface area contributed by atoms with Gasteiger partial charge in [-0.3, -0.25) is 19.4 Å². The average Bonchev–Trinajstić information content (AvgIpc) is 2.84. The predicted octanol–water partition coefficient (Wildman–Crippen LogP) is 3.10. The molecule has 0 aliphatic carbocycles. The topological polar surface area (TPSA) is 76.1 Å². The Morgan fingerprint density at radius 2 is 2.04 bits per heavy atom. The van der Waals surface area contributed by atoms with E-state index in [-0.39, 0.29) is 28.3 Å². The highest BCUT2D eigenvalue weighted by molar-refractivity contribution is 8.00. The molecule has 2 aromatic rings. The predicted molar refractivity (Wildman–Crippen MR) is 98.5 cm³/mol. The van der Waals surface area contributed by atoms with Crippen molar-refractivity contribution in [1.29, 1.82) is 0 Å². The summed E-state index contributed by atoms with van der Waals surface area (Å²) < 4.78 is 20.7. The first-order chi connectivity index (χ1) is 12.5. The number of nitrogens with zero attached hydrogens (tertiary/aromatic N) is 1. The third kappa shape index (κ3) is 3.17. The lowest BCUT2D eigenvalue weighted by Crippen LogP contribution is -2.24. The Labute approximate surface area is 158 Å². The van der Waals surface area contributed by atoms with Gasteiger partial charge in [0, 0.05) is 13.2 Å². The zero-order valence-electron chi connectivity index (χ0n) is 13.8. The summed E-state index contributed by atoms with van der Waals surface area (Å²) in [5.41, 5.74) is 0.899. The molecule has 1 aromatic carbocycles. The summed E-state index contributed by atoms with van der Waals surface area (Å²) in [6.07, 6.45) is 1.51. The molecule has 26 heavy (non-hydrogen) atoms. The van der Waals surface area contributed by atoms with E-state index >= 15 is 0 Å². The van der Waals surface area contributed by atoms with Crippen molar-refractivity contribution >= 4 is 35.1 Å². The highest BCUT2D eigenvalue weighted by Gasteiger charge is 2.32. The molecule has 2 aliphatic heterocycles. The number of halogens is 2. The van der Waals surface area contributed by atoms with Crippen LogP contribution in [0.2, 0.25) is 5.02 Å². The molecule has 0 spiro atoms. The Morgan fingerprint density at radius 3 is 2.77 bits per heavy atom. The van der Waals surface area contributed by atoms with Gasteiger partial charge in [0.1, 0.15) is 11.6 Å². The van der Waals surface area contributed by atoms with Crippen LogP contribution >= 0.6 is 23.4 Å². The molecule has 9 heteroatoms. The Hall–Kier alpha value is -1.77. The maximum atomic E-state index is 13.5.